The lowest BCUT2D eigenvalue weighted by atomic mass is 9.91. The Labute approximate surface area is 249 Å². The van der Waals surface area contributed by atoms with Crippen LogP contribution in [-0.4, -0.2) is 72.6 Å². The molecule has 2 aromatic carbocycles. The Morgan fingerprint density at radius 2 is 1.79 bits per heavy atom. The smallest absolute Gasteiger partial charge is 0.392 e. The number of halogens is 3. The quantitative estimate of drug-likeness (QED) is 0.361. The number of alkyl halides is 3. The molecule has 0 unspecified atom stereocenters. The van der Waals surface area contributed by atoms with Gasteiger partial charge in [-0.1, -0.05) is 55.1 Å². The topological polar surface area (TPSA) is 132 Å². The maximum atomic E-state index is 13.0. The molecule has 15 heteroatoms. The molecular weight excluding hydrogens is 589 g/mol. The monoisotopic (exact) mass is 620 g/mol. The average Bonchev–Trinajstić information content (AvgIpc) is 3.65. The number of likely N-dealkylation sites (tertiary alicyclic amines) is 1. The number of ether oxygens (including phenoxy) is 2. The zero-order valence-electron chi connectivity index (χ0n) is 23.4. The third-order valence-electron chi connectivity index (χ3n) is 7.59. The third kappa shape index (κ3) is 7.00. The second-order valence-electron chi connectivity index (χ2n) is 10.5. The second kappa shape index (κ2) is 13.0. The van der Waals surface area contributed by atoms with Gasteiger partial charge in [-0.05, 0) is 46.5 Å². The first-order chi connectivity index (χ1) is 20.5. The molecule has 2 N–H and O–H groups in total. The standard InChI is InChI=1S/C28H31F3N6O5S/c1-16-22(15-43-27-33-34-35-36(27)2)41-25(42-23(16)18-7-5-17(14-38)6-8-18)19-9-11-20(12-10-19)32-24(39)21-4-3-13-37(21)26(40)28(29,30)31/h5-12,16,21-23,25,38H,3-4,13-15H2,1-2H3,(H,32,39)/t16-,21-,22+,23+,25+/m0/s1. The molecule has 5 rings (SSSR count). The number of carbonyl (C=O) groups excluding carboxylic acids is 2. The summed E-state index contributed by atoms with van der Waals surface area (Å²) in [5, 5.41) is 24.3. The van der Waals surface area contributed by atoms with Gasteiger partial charge >= 0.3 is 12.1 Å². The zero-order chi connectivity index (χ0) is 30.7. The number of nitrogens with zero attached hydrogens (tertiary/aromatic N) is 5. The summed E-state index contributed by atoms with van der Waals surface area (Å²) in [4.78, 5) is 25.2. The first-order valence-corrected chi connectivity index (χ1v) is 14.7. The van der Waals surface area contributed by atoms with Crippen molar-refractivity contribution in [2.75, 3.05) is 17.6 Å². The summed E-state index contributed by atoms with van der Waals surface area (Å²) in [6, 6.07) is 13.0. The van der Waals surface area contributed by atoms with Gasteiger partial charge in [0.25, 0.3) is 0 Å². The molecule has 1 aromatic heterocycles. The third-order valence-corrected chi connectivity index (χ3v) is 8.69. The van der Waals surface area contributed by atoms with Crippen LogP contribution in [0.4, 0.5) is 18.9 Å². The van der Waals surface area contributed by atoms with E-state index in [0.29, 0.717) is 33.5 Å². The number of amides is 2. The molecule has 0 radical (unpaired) electrons. The summed E-state index contributed by atoms with van der Waals surface area (Å²) in [5.41, 5.74) is 2.74. The van der Waals surface area contributed by atoms with Crippen LogP contribution in [0, 0.1) is 5.92 Å². The van der Waals surface area contributed by atoms with E-state index in [-0.39, 0.29) is 37.7 Å². The van der Waals surface area contributed by atoms with E-state index in [0.717, 1.165) is 11.1 Å². The number of aryl methyl sites for hydroxylation is 1. The molecule has 3 aromatic rings. The number of hydrogen-bond donors (Lipinski definition) is 2. The van der Waals surface area contributed by atoms with Gasteiger partial charge in [-0.15, -0.1) is 5.10 Å². The van der Waals surface area contributed by atoms with E-state index < -0.39 is 30.3 Å². The number of thioether (sulfide) groups is 1. The molecule has 2 fully saturated rings. The number of anilines is 1. The molecule has 0 spiro atoms. The molecule has 230 valence electrons. The highest BCUT2D eigenvalue weighted by Gasteiger charge is 2.47. The Morgan fingerprint density at radius 3 is 2.42 bits per heavy atom. The highest BCUT2D eigenvalue weighted by molar-refractivity contribution is 7.99. The van der Waals surface area contributed by atoms with E-state index in [1.807, 2.05) is 31.2 Å². The predicted octanol–water partition coefficient (Wildman–Crippen LogP) is 3.78. The van der Waals surface area contributed by atoms with Gasteiger partial charge in [0.2, 0.25) is 11.1 Å². The molecular formula is C28H31F3N6O5S. The summed E-state index contributed by atoms with van der Waals surface area (Å²) in [5.74, 6) is -2.20. The molecule has 2 aliphatic rings. The molecule has 0 aliphatic carbocycles. The van der Waals surface area contributed by atoms with E-state index in [2.05, 4.69) is 20.8 Å². The first-order valence-electron chi connectivity index (χ1n) is 13.7. The molecule has 0 saturated carbocycles. The number of rotatable bonds is 8. The summed E-state index contributed by atoms with van der Waals surface area (Å²) < 4.78 is 53.3. The Kier molecular flexibility index (Phi) is 9.34. The van der Waals surface area contributed by atoms with Crippen molar-refractivity contribution in [1.82, 2.24) is 25.1 Å². The molecule has 5 atom stereocenters. The number of nitrogens with one attached hydrogen (secondary N) is 1. The molecule has 2 aliphatic heterocycles. The molecule has 2 saturated heterocycles. The SMILES string of the molecule is C[C@H]1[C@@H](CSc2nnnn2C)O[C@@H](c2ccc(NC(=O)[C@@H]3CCCN3C(=O)C(F)(F)F)cc2)O[C@H]1c1ccc(CO)cc1. The number of hydrogen-bond acceptors (Lipinski definition) is 9. The predicted molar refractivity (Wildman–Crippen MR) is 148 cm³/mol. The highest BCUT2D eigenvalue weighted by Crippen LogP contribution is 2.43. The van der Waals surface area contributed by atoms with Crippen LogP contribution in [0.25, 0.3) is 0 Å². The van der Waals surface area contributed by atoms with Gasteiger partial charge in [0.15, 0.2) is 6.29 Å². The minimum atomic E-state index is -5.04. The van der Waals surface area contributed by atoms with E-state index in [4.69, 9.17) is 9.47 Å². The van der Waals surface area contributed by atoms with E-state index in [1.54, 1.807) is 36.0 Å². The van der Waals surface area contributed by atoms with Crippen molar-refractivity contribution >= 4 is 29.3 Å². The van der Waals surface area contributed by atoms with Crippen LogP contribution < -0.4 is 5.32 Å². The van der Waals surface area contributed by atoms with Crippen molar-refractivity contribution in [3.05, 3.63) is 65.2 Å². The number of tetrazole rings is 1. The van der Waals surface area contributed by atoms with Gasteiger partial charge in [-0.2, -0.15) is 13.2 Å². The van der Waals surface area contributed by atoms with Crippen LogP contribution in [0.3, 0.4) is 0 Å². The highest BCUT2D eigenvalue weighted by atomic mass is 32.2. The van der Waals surface area contributed by atoms with Crippen molar-refractivity contribution in [2.24, 2.45) is 13.0 Å². The zero-order valence-corrected chi connectivity index (χ0v) is 24.2. The number of aromatic nitrogens is 4. The maximum absolute atomic E-state index is 13.0. The Bertz CT molecular complexity index is 1420. The van der Waals surface area contributed by atoms with Crippen LogP contribution in [-0.2, 0) is 32.7 Å². The normalized spacial score (nSPS) is 24.2. The fourth-order valence-corrected chi connectivity index (χ4v) is 6.22. The van der Waals surface area contributed by atoms with Gasteiger partial charge in [0.05, 0.1) is 18.8 Å². The Morgan fingerprint density at radius 1 is 1.09 bits per heavy atom. The summed E-state index contributed by atoms with van der Waals surface area (Å²) in [6.07, 6.45) is -5.94. The van der Waals surface area contributed by atoms with Gasteiger partial charge in [-0.25, -0.2) is 4.68 Å². The molecule has 2 amide bonds. The van der Waals surface area contributed by atoms with Crippen molar-refractivity contribution in [2.45, 2.75) is 62.2 Å². The van der Waals surface area contributed by atoms with Gasteiger partial charge in [-0.3, -0.25) is 9.59 Å². The van der Waals surface area contributed by atoms with E-state index >= 15 is 0 Å². The lowest BCUT2D eigenvalue weighted by molar-refractivity contribution is -0.268. The van der Waals surface area contributed by atoms with Crippen molar-refractivity contribution in [1.29, 1.82) is 0 Å². The summed E-state index contributed by atoms with van der Waals surface area (Å²) in [6.45, 7) is 1.84. The minimum absolute atomic E-state index is 0.0581. The minimum Gasteiger partial charge on any atom is -0.392 e. The van der Waals surface area contributed by atoms with Crippen LogP contribution in [0.5, 0.6) is 0 Å². The number of benzene rings is 2. The molecule has 43 heavy (non-hydrogen) atoms. The fourth-order valence-electron chi connectivity index (χ4n) is 5.20. The van der Waals surface area contributed by atoms with E-state index in [9.17, 15) is 27.9 Å². The lowest BCUT2D eigenvalue weighted by Gasteiger charge is -2.41. The lowest BCUT2D eigenvalue weighted by Crippen LogP contribution is -2.48. The van der Waals surface area contributed by atoms with Crippen LogP contribution >= 0.6 is 11.8 Å². The van der Waals surface area contributed by atoms with Crippen LogP contribution in [0.15, 0.2) is 53.7 Å². The van der Waals surface area contributed by atoms with Crippen LogP contribution in [0.2, 0.25) is 0 Å². The second-order valence-corrected chi connectivity index (χ2v) is 11.5. The van der Waals surface area contributed by atoms with Gasteiger partial charge < -0.3 is 24.8 Å². The van der Waals surface area contributed by atoms with Crippen molar-refractivity contribution in [3.63, 3.8) is 0 Å². The van der Waals surface area contributed by atoms with Gasteiger partial charge in [0, 0.05) is 36.5 Å². The van der Waals surface area contributed by atoms with E-state index in [1.165, 1.54) is 11.8 Å². The number of carbonyl (C=O) groups is 2. The number of aliphatic hydroxyl groups is 1. The summed E-state index contributed by atoms with van der Waals surface area (Å²) >= 11 is 1.46. The van der Waals surface area contributed by atoms with Crippen molar-refractivity contribution in [3.8, 4) is 0 Å². The number of aliphatic hydroxyl groups excluding tert-OH is 1. The largest absolute Gasteiger partial charge is 0.471 e. The molecule has 0 bridgehead atoms. The summed E-state index contributed by atoms with van der Waals surface area (Å²) in [7, 11) is 1.75. The molecule has 11 nitrogen and oxygen atoms in total. The van der Waals surface area contributed by atoms with Gasteiger partial charge in [0.1, 0.15) is 6.04 Å². The first kappa shape index (κ1) is 30.9. The Hall–Kier alpha value is -3.53. The average molecular weight is 621 g/mol. The fraction of sp³-hybridized carbons (Fsp3) is 0.464. The van der Waals surface area contributed by atoms with Crippen molar-refractivity contribution < 1.29 is 37.3 Å². The van der Waals surface area contributed by atoms with Crippen LogP contribution in [0.1, 0.15) is 48.8 Å². The molecule has 3 heterocycles. The Balaban J connectivity index is 1.31. The maximum Gasteiger partial charge on any atom is 0.471 e.